The van der Waals surface area contributed by atoms with Crippen LogP contribution in [-0.4, -0.2) is 52.7 Å². The molecule has 0 unspecified atom stereocenters. The minimum Gasteiger partial charge on any atom is -0.497 e. The van der Waals surface area contributed by atoms with E-state index in [1.54, 1.807) is 26.4 Å². The summed E-state index contributed by atoms with van der Waals surface area (Å²) in [5.41, 5.74) is 0.826. The number of esters is 1. The average Bonchev–Trinajstić information content (AvgIpc) is 3.41. The molecule has 158 valence electrons. The van der Waals surface area contributed by atoms with Crippen molar-refractivity contribution in [1.82, 2.24) is 20.1 Å². The van der Waals surface area contributed by atoms with E-state index < -0.39 is 5.97 Å². The zero-order valence-electron chi connectivity index (χ0n) is 16.7. The van der Waals surface area contributed by atoms with Gasteiger partial charge >= 0.3 is 5.97 Å². The number of rotatable bonds is 10. The highest BCUT2D eigenvalue weighted by atomic mass is 32.2. The zero-order chi connectivity index (χ0) is 21.3. The Bertz CT molecular complexity index is 987. The third-order valence-corrected chi connectivity index (χ3v) is 4.97. The van der Waals surface area contributed by atoms with E-state index in [0.29, 0.717) is 23.3 Å². The second-order valence-electron chi connectivity index (χ2n) is 6.07. The average molecular weight is 430 g/mol. The minimum atomic E-state index is -0.475. The third-order valence-electron chi connectivity index (χ3n) is 4.01. The van der Waals surface area contributed by atoms with Gasteiger partial charge in [-0.05, 0) is 31.2 Å². The number of furan rings is 1. The van der Waals surface area contributed by atoms with E-state index in [1.165, 1.54) is 11.8 Å². The maximum atomic E-state index is 12.1. The first-order valence-corrected chi connectivity index (χ1v) is 10.2. The van der Waals surface area contributed by atoms with Gasteiger partial charge in [0.05, 0.1) is 32.3 Å². The first-order chi connectivity index (χ1) is 14.6. The van der Waals surface area contributed by atoms with E-state index in [1.807, 2.05) is 34.9 Å². The lowest BCUT2D eigenvalue weighted by atomic mass is 10.2. The van der Waals surface area contributed by atoms with Crippen molar-refractivity contribution < 1.29 is 23.5 Å². The van der Waals surface area contributed by atoms with Gasteiger partial charge in [-0.25, -0.2) is 0 Å². The Hall–Kier alpha value is -3.27. The highest BCUT2D eigenvalue weighted by molar-refractivity contribution is 7.99. The molecule has 3 aromatic rings. The molecule has 3 rings (SSSR count). The number of nitrogens with zero attached hydrogens (tertiary/aromatic N) is 3. The van der Waals surface area contributed by atoms with Crippen molar-refractivity contribution in [2.75, 3.05) is 26.0 Å². The topological polar surface area (TPSA) is 108 Å². The smallest absolute Gasteiger partial charge is 0.325 e. The molecule has 0 atom stereocenters. The van der Waals surface area contributed by atoms with E-state index in [9.17, 15) is 9.59 Å². The largest absolute Gasteiger partial charge is 0.497 e. The van der Waals surface area contributed by atoms with Crippen LogP contribution in [0.3, 0.4) is 0 Å². The summed E-state index contributed by atoms with van der Waals surface area (Å²) in [5.74, 6) is 1.36. The number of nitrogens with one attached hydrogen (secondary N) is 1. The van der Waals surface area contributed by atoms with Gasteiger partial charge in [-0.2, -0.15) is 0 Å². The fraction of sp³-hybridized carbons (Fsp3) is 0.300. The van der Waals surface area contributed by atoms with Gasteiger partial charge in [-0.1, -0.05) is 23.9 Å². The number of benzene rings is 1. The van der Waals surface area contributed by atoms with Crippen LogP contribution in [0.25, 0.3) is 11.4 Å². The molecule has 0 fully saturated rings. The normalized spacial score (nSPS) is 10.6. The van der Waals surface area contributed by atoms with Crippen LogP contribution >= 0.6 is 11.8 Å². The molecule has 10 heteroatoms. The highest BCUT2D eigenvalue weighted by Crippen LogP contribution is 2.27. The quantitative estimate of drug-likeness (QED) is 0.386. The SMILES string of the molecule is CCOC(=O)CNC(=O)CSc1nnc(-c2cccc(OC)c2)n1Cc1ccco1. The summed E-state index contributed by atoms with van der Waals surface area (Å²) in [7, 11) is 1.60. The Morgan fingerprint density at radius 2 is 2.10 bits per heavy atom. The van der Waals surface area contributed by atoms with Crippen LogP contribution in [0.1, 0.15) is 12.7 Å². The molecule has 1 aromatic carbocycles. The van der Waals surface area contributed by atoms with Gasteiger partial charge in [0, 0.05) is 5.56 Å². The Balaban J connectivity index is 1.76. The molecule has 2 heterocycles. The lowest BCUT2D eigenvalue weighted by Crippen LogP contribution is -2.31. The van der Waals surface area contributed by atoms with Crippen molar-refractivity contribution in [3.05, 3.63) is 48.4 Å². The summed E-state index contributed by atoms with van der Waals surface area (Å²) in [6, 6.07) is 11.2. The number of carbonyl (C=O) groups excluding carboxylic acids is 2. The fourth-order valence-electron chi connectivity index (χ4n) is 2.64. The lowest BCUT2D eigenvalue weighted by molar-refractivity contribution is -0.143. The number of carbonyl (C=O) groups is 2. The molecular weight excluding hydrogens is 408 g/mol. The summed E-state index contributed by atoms with van der Waals surface area (Å²) >= 11 is 1.22. The highest BCUT2D eigenvalue weighted by Gasteiger charge is 2.18. The van der Waals surface area contributed by atoms with Crippen LogP contribution in [0.2, 0.25) is 0 Å². The van der Waals surface area contributed by atoms with Gasteiger partial charge in [0.15, 0.2) is 11.0 Å². The summed E-state index contributed by atoms with van der Waals surface area (Å²) in [5, 5.41) is 11.6. The number of amides is 1. The second-order valence-corrected chi connectivity index (χ2v) is 7.02. The molecule has 30 heavy (non-hydrogen) atoms. The van der Waals surface area contributed by atoms with Crippen LogP contribution in [0.5, 0.6) is 5.75 Å². The molecule has 0 saturated heterocycles. The maximum Gasteiger partial charge on any atom is 0.325 e. The van der Waals surface area contributed by atoms with Gasteiger partial charge in [0.25, 0.3) is 0 Å². The summed E-state index contributed by atoms with van der Waals surface area (Å²) in [6.07, 6.45) is 1.60. The molecule has 2 aromatic heterocycles. The lowest BCUT2D eigenvalue weighted by Gasteiger charge is -2.10. The molecule has 0 radical (unpaired) electrons. The van der Waals surface area contributed by atoms with E-state index in [4.69, 9.17) is 13.9 Å². The van der Waals surface area contributed by atoms with Crippen molar-refractivity contribution in [2.24, 2.45) is 0 Å². The molecule has 0 saturated carbocycles. The van der Waals surface area contributed by atoms with Crippen molar-refractivity contribution in [2.45, 2.75) is 18.6 Å². The number of methoxy groups -OCH3 is 1. The molecular formula is C20H22N4O5S. The molecule has 9 nitrogen and oxygen atoms in total. The van der Waals surface area contributed by atoms with Crippen LogP contribution in [0.15, 0.2) is 52.2 Å². The van der Waals surface area contributed by atoms with E-state index >= 15 is 0 Å². The fourth-order valence-corrected chi connectivity index (χ4v) is 3.40. The van der Waals surface area contributed by atoms with Gasteiger partial charge in [-0.15, -0.1) is 10.2 Å². The third kappa shape index (κ3) is 5.63. The van der Waals surface area contributed by atoms with E-state index in [0.717, 1.165) is 11.3 Å². The molecule has 0 aliphatic carbocycles. The van der Waals surface area contributed by atoms with Crippen LogP contribution < -0.4 is 10.1 Å². The number of thioether (sulfide) groups is 1. The van der Waals surface area contributed by atoms with Crippen molar-refractivity contribution in [3.8, 4) is 17.1 Å². The van der Waals surface area contributed by atoms with Crippen LogP contribution in [0, 0.1) is 0 Å². The molecule has 1 amide bonds. The molecule has 0 aliphatic heterocycles. The van der Waals surface area contributed by atoms with Crippen molar-refractivity contribution in [3.63, 3.8) is 0 Å². The summed E-state index contributed by atoms with van der Waals surface area (Å²) in [6.45, 7) is 2.22. The van der Waals surface area contributed by atoms with Crippen LogP contribution in [-0.2, 0) is 20.9 Å². The predicted octanol–water partition coefficient (Wildman–Crippen LogP) is 2.37. The predicted molar refractivity (Wildman–Crippen MR) is 110 cm³/mol. The molecule has 0 bridgehead atoms. The summed E-state index contributed by atoms with van der Waals surface area (Å²) < 4.78 is 17.4. The Morgan fingerprint density at radius 3 is 2.83 bits per heavy atom. The first-order valence-electron chi connectivity index (χ1n) is 9.25. The van der Waals surface area contributed by atoms with Crippen molar-refractivity contribution >= 4 is 23.6 Å². The van der Waals surface area contributed by atoms with Gasteiger partial charge in [-0.3, -0.25) is 14.2 Å². The van der Waals surface area contributed by atoms with Gasteiger partial charge in [0.2, 0.25) is 5.91 Å². The Labute approximate surface area is 177 Å². The van der Waals surface area contributed by atoms with Gasteiger partial charge < -0.3 is 19.2 Å². The summed E-state index contributed by atoms with van der Waals surface area (Å²) in [4.78, 5) is 23.5. The van der Waals surface area contributed by atoms with E-state index in [2.05, 4.69) is 15.5 Å². The first kappa shape index (κ1) is 21.4. The zero-order valence-corrected chi connectivity index (χ0v) is 17.5. The van der Waals surface area contributed by atoms with E-state index in [-0.39, 0.29) is 24.8 Å². The van der Waals surface area contributed by atoms with Crippen LogP contribution in [0.4, 0.5) is 0 Å². The molecule has 0 spiro atoms. The molecule has 1 N–H and O–H groups in total. The Morgan fingerprint density at radius 1 is 1.23 bits per heavy atom. The Kier molecular flexibility index (Phi) is 7.50. The number of aromatic nitrogens is 3. The minimum absolute atomic E-state index is 0.0772. The number of ether oxygens (including phenoxy) is 2. The molecule has 0 aliphatic rings. The maximum absolute atomic E-state index is 12.1. The standard InChI is InChI=1S/C20H22N4O5S/c1-3-28-18(26)11-21-17(25)13-30-20-23-22-19(14-6-4-7-15(10-14)27-2)24(20)12-16-8-5-9-29-16/h4-10H,3,11-13H2,1-2H3,(H,21,25). The number of hydrogen-bond donors (Lipinski definition) is 1. The number of hydrogen-bond acceptors (Lipinski definition) is 8. The second kappa shape index (κ2) is 10.5. The monoisotopic (exact) mass is 430 g/mol. The van der Waals surface area contributed by atoms with Crippen molar-refractivity contribution in [1.29, 1.82) is 0 Å². The van der Waals surface area contributed by atoms with Gasteiger partial charge in [0.1, 0.15) is 18.1 Å².